The lowest BCUT2D eigenvalue weighted by atomic mass is 9.87. The fourth-order valence-corrected chi connectivity index (χ4v) is 2.43. The molecule has 0 spiro atoms. The Morgan fingerprint density at radius 1 is 1.22 bits per heavy atom. The van der Waals surface area contributed by atoms with E-state index in [1.165, 1.54) is 11.1 Å². The Morgan fingerprint density at radius 2 is 1.83 bits per heavy atom. The molecular weight excluding hydrogens is 222 g/mol. The SMILES string of the molecule is CCNC(C)(CCO)c1ccc(CC(C)C)cc1. The van der Waals surface area contributed by atoms with Gasteiger partial charge < -0.3 is 10.4 Å². The van der Waals surface area contributed by atoms with Gasteiger partial charge in [-0.3, -0.25) is 0 Å². The number of nitrogens with one attached hydrogen (secondary N) is 1. The van der Waals surface area contributed by atoms with Gasteiger partial charge in [-0.05, 0) is 43.4 Å². The molecule has 1 atom stereocenters. The average Bonchev–Trinajstić information content (AvgIpc) is 2.29. The van der Waals surface area contributed by atoms with Crippen LogP contribution < -0.4 is 5.32 Å². The lowest BCUT2D eigenvalue weighted by Crippen LogP contribution is -2.40. The number of rotatable bonds is 7. The summed E-state index contributed by atoms with van der Waals surface area (Å²) in [4.78, 5) is 0. The zero-order valence-corrected chi connectivity index (χ0v) is 12.2. The molecule has 0 aliphatic heterocycles. The summed E-state index contributed by atoms with van der Waals surface area (Å²) in [7, 11) is 0. The van der Waals surface area contributed by atoms with Crippen LogP contribution in [0.1, 0.15) is 45.2 Å². The molecule has 0 aliphatic rings. The minimum atomic E-state index is -0.125. The maximum atomic E-state index is 9.22. The van der Waals surface area contributed by atoms with Crippen LogP contribution in [-0.4, -0.2) is 18.3 Å². The number of benzene rings is 1. The molecule has 0 radical (unpaired) electrons. The molecule has 0 fully saturated rings. The van der Waals surface area contributed by atoms with Gasteiger partial charge in [-0.1, -0.05) is 45.0 Å². The summed E-state index contributed by atoms with van der Waals surface area (Å²) in [6.07, 6.45) is 1.86. The lowest BCUT2D eigenvalue weighted by molar-refractivity contribution is 0.223. The molecule has 2 heteroatoms. The van der Waals surface area contributed by atoms with E-state index in [2.05, 4.69) is 57.3 Å². The summed E-state index contributed by atoms with van der Waals surface area (Å²) in [6.45, 7) is 9.85. The maximum absolute atomic E-state index is 9.22. The highest BCUT2D eigenvalue weighted by Crippen LogP contribution is 2.25. The van der Waals surface area contributed by atoms with Crippen molar-refractivity contribution in [3.05, 3.63) is 35.4 Å². The largest absolute Gasteiger partial charge is 0.396 e. The summed E-state index contributed by atoms with van der Waals surface area (Å²) in [5.41, 5.74) is 2.52. The molecule has 1 aromatic rings. The summed E-state index contributed by atoms with van der Waals surface area (Å²) >= 11 is 0. The second kappa shape index (κ2) is 6.91. The van der Waals surface area contributed by atoms with Crippen LogP contribution in [0, 0.1) is 5.92 Å². The van der Waals surface area contributed by atoms with Crippen LogP contribution in [0.25, 0.3) is 0 Å². The van der Waals surface area contributed by atoms with Crippen molar-refractivity contribution >= 4 is 0 Å². The molecule has 0 aromatic heterocycles. The smallest absolute Gasteiger partial charge is 0.0451 e. The van der Waals surface area contributed by atoms with Crippen molar-refractivity contribution in [3.8, 4) is 0 Å². The van der Waals surface area contributed by atoms with E-state index in [1.54, 1.807) is 0 Å². The highest BCUT2D eigenvalue weighted by atomic mass is 16.3. The van der Waals surface area contributed by atoms with Gasteiger partial charge in [0.25, 0.3) is 0 Å². The average molecular weight is 249 g/mol. The molecule has 0 heterocycles. The zero-order valence-electron chi connectivity index (χ0n) is 12.2. The summed E-state index contributed by atoms with van der Waals surface area (Å²) < 4.78 is 0. The van der Waals surface area contributed by atoms with Gasteiger partial charge in [0.15, 0.2) is 0 Å². The predicted octanol–water partition coefficient (Wildman–Crippen LogP) is 3.09. The number of aliphatic hydroxyl groups excluding tert-OH is 1. The highest BCUT2D eigenvalue weighted by Gasteiger charge is 2.24. The Bertz CT molecular complexity index is 337. The predicted molar refractivity (Wildman–Crippen MR) is 77.7 cm³/mol. The van der Waals surface area contributed by atoms with Crippen LogP contribution in [0.5, 0.6) is 0 Å². The minimum absolute atomic E-state index is 0.125. The quantitative estimate of drug-likeness (QED) is 0.778. The fourth-order valence-electron chi connectivity index (χ4n) is 2.43. The number of aliphatic hydroxyl groups is 1. The van der Waals surface area contributed by atoms with E-state index >= 15 is 0 Å². The van der Waals surface area contributed by atoms with Gasteiger partial charge >= 0.3 is 0 Å². The molecule has 0 saturated carbocycles. The molecule has 0 bridgehead atoms. The van der Waals surface area contributed by atoms with Crippen molar-refractivity contribution < 1.29 is 5.11 Å². The fraction of sp³-hybridized carbons (Fsp3) is 0.625. The monoisotopic (exact) mass is 249 g/mol. The van der Waals surface area contributed by atoms with Crippen molar-refractivity contribution in [2.24, 2.45) is 5.92 Å². The Morgan fingerprint density at radius 3 is 2.28 bits per heavy atom. The third-order valence-electron chi connectivity index (χ3n) is 3.41. The summed E-state index contributed by atoms with van der Waals surface area (Å²) in [6, 6.07) is 8.80. The minimum Gasteiger partial charge on any atom is -0.396 e. The second-order valence-corrected chi connectivity index (χ2v) is 5.63. The first-order chi connectivity index (χ1) is 8.51. The first-order valence-corrected chi connectivity index (χ1v) is 6.97. The van der Waals surface area contributed by atoms with Crippen LogP contribution in [0.3, 0.4) is 0 Å². The Balaban J connectivity index is 2.86. The van der Waals surface area contributed by atoms with Gasteiger partial charge in [0.05, 0.1) is 0 Å². The molecule has 0 saturated heterocycles. The molecule has 2 nitrogen and oxygen atoms in total. The van der Waals surface area contributed by atoms with E-state index in [0.717, 1.165) is 19.4 Å². The Labute approximate surface area is 111 Å². The third-order valence-corrected chi connectivity index (χ3v) is 3.41. The summed E-state index contributed by atoms with van der Waals surface area (Å²) in [5, 5.41) is 12.7. The molecule has 1 rings (SSSR count). The topological polar surface area (TPSA) is 32.3 Å². The van der Waals surface area contributed by atoms with Gasteiger partial charge in [0.1, 0.15) is 0 Å². The van der Waals surface area contributed by atoms with Crippen LogP contribution >= 0.6 is 0 Å². The molecule has 102 valence electrons. The van der Waals surface area contributed by atoms with Crippen molar-refractivity contribution in [1.29, 1.82) is 0 Å². The molecule has 18 heavy (non-hydrogen) atoms. The number of hydrogen-bond acceptors (Lipinski definition) is 2. The Kier molecular flexibility index (Phi) is 5.83. The van der Waals surface area contributed by atoms with E-state index in [9.17, 15) is 5.11 Å². The maximum Gasteiger partial charge on any atom is 0.0451 e. The zero-order chi connectivity index (χ0) is 13.6. The molecule has 1 aromatic carbocycles. The number of hydrogen-bond donors (Lipinski definition) is 2. The van der Waals surface area contributed by atoms with E-state index < -0.39 is 0 Å². The normalized spacial score (nSPS) is 14.8. The highest BCUT2D eigenvalue weighted by molar-refractivity contribution is 5.28. The van der Waals surface area contributed by atoms with Crippen LogP contribution in [0.4, 0.5) is 0 Å². The first-order valence-electron chi connectivity index (χ1n) is 6.97. The van der Waals surface area contributed by atoms with Gasteiger partial charge in [0.2, 0.25) is 0 Å². The lowest BCUT2D eigenvalue weighted by Gasteiger charge is -2.31. The molecule has 1 unspecified atom stereocenters. The van der Waals surface area contributed by atoms with Crippen molar-refractivity contribution in [2.75, 3.05) is 13.2 Å². The van der Waals surface area contributed by atoms with Gasteiger partial charge in [-0.25, -0.2) is 0 Å². The molecule has 0 aliphatic carbocycles. The van der Waals surface area contributed by atoms with Crippen LogP contribution in [0.2, 0.25) is 0 Å². The first kappa shape index (κ1) is 15.2. The van der Waals surface area contributed by atoms with Crippen LogP contribution in [0.15, 0.2) is 24.3 Å². The van der Waals surface area contributed by atoms with Gasteiger partial charge in [0, 0.05) is 12.1 Å². The van der Waals surface area contributed by atoms with Crippen LogP contribution in [-0.2, 0) is 12.0 Å². The summed E-state index contributed by atoms with van der Waals surface area (Å²) in [5.74, 6) is 0.688. The standard InChI is InChI=1S/C16H27NO/c1-5-17-16(4,10-11-18)15-8-6-14(7-9-15)12-13(2)3/h6-9,13,17-18H,5,10-12H2,1-4H3. The Hall–Kier alpha value is -0.860. The van der Waals surface area contributed by atoms with Crippen molar-refractivity contribution in [2.45, 2.75) is 46.1 Å². The molecular formula is C16H27NO. The van der Waals surface area contributed by atoms with E-state index in [-0.39, 0.29) is 12.1 Å². The van der Waals surface area contributed by atoms with E-state index in [4.69, 9.17) is 0 Å². The van der Waals surface area contributed by atoms with Crippen molar-refractivity contribution in [3.63, 3.8) is 0 Å². The van der Waals surface area contributed by atoms with E-state index in [1.807, 2.05) is 0 Å². The van der Waals surface area contributed by atoms with Gasteiger partial charge in [-0.15, -0.1) is 0 Å². The van der Waals surface area contributed by atoms with Crippen molar-refractivity contribution in [1.82, 2.24) is 5.32 Å². The van der Waals surface area contributed by atoms with E-state index in [0.29, 0.717) is 5.92 Å². The van der Waals surface area contributed by atoms with Gasteiger partial charge in [-0.2, -0.15) is 0 Å². The molecule has 2 N–H and O–H groups in total. The third kappa shape index (κ3) is 4.11. The second-order valence-electron chi connectivity index (χ2n) is 5.63. The molecule has 0 amide bonds.